The van der Waals surface area contributed by atoms with E-state index in [9.17, 15) is 4.79 Å². The van der Waals surface area contributed by atoms with Crippen LogP contribution in [0.25, 0.3) is 0 Å². The lowest BCUT2D eigenvalue weighted by atomic mass is 9.91. The molecule has 2 N–H and O–H groups in total. The lowest BCUT2D eigenvalue weighted by molar-refractivity contribution is 0.167. The number of nitrogens with one attached hydrogen (secondary N) is 2. The molecule has 2 aromatic rings. The van der Waals surface area contributed by atoms with Crippen molar-refractivity contribution >= 4 is 11.7 Å². The molecule has 3 rings (SSSR count). The fraction of sp³-hybridized carbons (Fsp3) is 0.417. The number of nitriles is 1. The number of amides is 2. The van der Waals surface area contributed by atoms with Crippen LogP contribution >= 0.6 is 0 Å². The zero-order chi connectivity index (χ0) is 20.3. The van der Waals surface area contributed by atoms with Gasteiger partial charge >= 0.3 is 6.03 Å². The number of urea groups is 1. The van der Waals surface area contributed by atoms with Crippen molar-refractivity contribution in [3.63, 3.8) is 0 Å². The van der Waals surface area contributed by atoms with Crippen molar-refractivity contribution < 1.29 is 4.79 Å². The molecular weight excluding hydrogens is 360 g/mol. The summed E-state index contributed by atoms with van der Waals surface area (Å²) in [7, 11) is 0. The van der Waals surface area contributed by atoms with Crippen molar-refractivity contribution in [1.82, 2.24) is 10.2 Å². The Morgan fingerprint density at radius 1 is 1.17 bits per heavy atom. The molecule has 0 saturated carbocycles. The Hall–Kier alpha value is -2.84. The van der Waals surface area contributed by atoms with E-state index in [4.69, 9.17) is 5.26 Å². The first-order valence-corrected chi connectivity index (χ1v) is 10.5. The smallest absolute Gasteiger partial charge is 0.319 e. The van der Waals surface area contributed by atoms with E-state index in [0.29, 0.717) is 17.8 Å². The average Bonchev–Trinajstić information content (AvgIpc) is 2.76. The fourth-order valence-corrected chi connectivity index (χ4v) is 3.95. The second kappa shape index (κ2) is 11.2. The highest BCUT2D eigenvalue weighted by molar-refractivity contribution is 5.89. The first-order chi connectivity index (χ1) is 14.2. The third kappa shape index (κ3) is 7.24. The summed E-state index contributed by atoms with van der Waals surface area (Å²) in [5.41, 5.74) is 2.61. The molecule has 1 atom stereocenters. The maximum absolute atomic E-state index is 12.0. The number of nitrogens with zero attached hydrogens (tertiary/aromatic N) is 2. The molecule has 0 aromatic heterocycles. The second-order valence-electron chi connectivity index (χ2n) is 7.76. The number of benzene rings is 2. The maximum Gasteiger partial charge on any atom is 0.319 e. The Bertz CT molecular complexity index is 815. The number of hydrogen-bond donors (Lipinski definition) is 2. The van der Waals surface area contributed by atoms with Gasteiger partial charge in [-0.1, -0.05) is 36.4 Å². The Morgan fingerprint density at radius 2 is 2.03 bits per heavy atom. The minimum atomic E-state index is -0.223. The zero-order valence-corrected chi connectivity index (χ0v) is 16.9. The van der Waals surface area contributed by atoms with Crippen LogP contribution in [-0.4, -0.2) is 37.1 Å². The van der Waals surface area contributed by atoms with Gasteiger partial charge in [-0.25, -0.2) is 4.79 Å². The van der Waals surface area contributed by atoms with Crippen molar-refractivity contribution in [3.05, 3.63) is 65.7 Å². The van der Waals surface area contributed by atoms with E-state index in [1.54, 1.807) is 24.3 Å². The highest BCUT2D eigenvalue weighted by Crippen LogP contribution is 2.21. The SMILES string of the molecule is N#Cc1cccc(NC(=O)NCCCN2CCCC(CCc3ccccc3)C2)c1. The molecule has 2 aromatic carbocycles. The number of carbonyl (C=O) groups excluding carboxylic acids is 1. The molecule has 152 valence electrons. The summed E-state index contributed by atoms with van der Waals surface area (Å²) >= 11 is 0. The fourth-order valence-electron chi connectivity index (χ4n) is 3.95. The van der Waals surface area contributed by atoms with Gasteiger partial charge in [0.05, 0.1) is 11.6 Å². The quantitative estimate of drug-likeness (QED) is 0.656. The van der Waals surface area contributed by atoms with Crippen LogP contribution in [0, 0.1) is 17.2 Å². The van der Waals surface area contributed by atoms with Crippen LogP contribution in [0.1, 0.15) is 36.8 Å². The van der Waals surface area contributed by atoms with Gasteiger partial charge in [-0.2, -0.15) is 5.26 Å². The highest BCUT2D eigenvalue weighted by Gasteiger charge is 2.19. The molecule has 1 heterocycles. The number of likely N-dealkylation sites (tertiary alicyclic amines) is 1. The number of carbonyl (C=O) groups is 1. The van der Waals surface area contributed by atoms with Crippen molar-refractivity contribution in [2.75, 3.05) is 31.5 Å². The van der Waals surface area contributed by atoms with E-state index in [-0.39, 0.29) is 6.03 Å². The minimum absolute atomic E-state index is 0.223. The van der Waals surface area contributed by atoms with E-state index in [1.807, 2.05) is 0 Å². The van der Waals surface area contributed by atoms with Crippen LogP contribution in [0.3, 0.4) is 0 Å². The van der Waals surface area contributed by atoms with Gasteiger partial charge in [0.15, 0.2) is 0 Å². The molecule has 5 nitrogen and oxygen atoms in total. The van der Waals surface area contributed by atoms with Gasteiger partial charge in [0.25, 0.3) is 0 Å². The third-order valence-electron chi connectivity index (χ3n) is 5.47. The topological polar surface area (TPSA) is 68.2 Å². The molecule has 2 amide bonds. The average molecular weight is 391 g/mol. The van der Waals surface area contributed by atoms with Gasteiger partial charge in [0.1, 0.15) is 0 Å². The first kappa shape index (κ1) is 20.9. The standard InChI is InChI=1S/C24H30N4O/c25-18-22-9-4-11-23(17-22)27-24(29)26-14-6-16-28-15-5-10-21(19-28)13-12-20-7-2-1-3-8-20/h1-4,7-9,11,17,21H,5-6,10,12-16,19H2,(H2,26,27,29). The Morgan fingerprint density at radius 3 is 2.86 bits per heavy atom. The number of rotatable bonds is 8. The molecule has 0 spiro atoms. The Balaban J connectivity index is 1.31. The van der Waals surface area contributed by atoms with Crippen LogP contribution < -0.4 is 10.6 Å². The van der Waals surface area contributed by atoms with Crippen LogP contribution in [0.2, 0.25) is 0 Å². The monoisotopic (exact) mass is 390 g/mol. The molecular formula is C24H30N4O. The van der Waals surface area contributed by atoms with Gasteiger partial charge < -0.3 is 15.5 Å². The van der Waals surface area contributed by atoms with Crippen molar-refractivity contribution in [1.29, 1.82) is 5.26 Å². The molecule has 1 aliphatic rings. The Kier molecular flexibility index (Phi) is 8.09. The summed E-state index contributed by atoms with van der Waals surface area (Å²) in [4.78, 5) is 14.6. The highest BCUT2D eigenvalue weighted by atomic mass is 16.2. The van der Waals surface area contributed by atoms with E-state index in [0.717, 1.165) is 31.8 Å². The normalized spacial score (nSPS) is 16.7. The second-order valence-corrected chi connectivity index (χ2v) is 7.76. The first-order valence-electron chi connectivity index (χ1n) is 10.5. The van der Waals surface area contributed by atoms with Crippen molar-refractivity contribution in [2.24, 2.45) is 5.92 Å². The summed E-state index contributed by atoms with van der Waals surface area (Å²) in [6, 6.07) is 19.5. The lowest BCUT2D eigenvalue weighted by Crippen LogP contribution is -2.38. The van der Waals surface area contributed by atoms with Crippen LogP contribution in [-0.2, 0) is 6.42 Å². The van der Waals surface area contributed by atoms with Crippen LogP contribution in [0.15, 0.2) is 54.6 Å². The summed E-state index contributed by atoms with van der Waals surface area (Å²) in [5.74, 6) is 0.771. The Labute approximate surface area is 173 Å². The van der Waals surface area contributed by atoms with E-state index < -0.39 is 0 Å². The molecule has 1 fully saturated rings. The molecule has 29 heavy (non-hydrogen) atoms. The molecule has 5 heteroatoms. The van der Waals surface area contributed by atoms with Gasteiger partial charge in [-0.3, -0.25) is 0 Å². The van der Waals surface area contributed by atoms with Gasteiger partial charge in [0.2, 0.25) is 0 Å². The number of anilines is 1. The summed E-state index contributed by atoms with van der Waals surface area (Å²) in [6.45, 7) is 4.00. The van der Waals surface area contributed by atoms with E-state index in [2.05, 4.69) is 51.9 Å². The molecule has 1 aliphatic heterocycles. The molecule has 0 radical (unpaired) electrons. The van der Waals surface area contributed by atoms with Crippen LogP contribution in [0.5, 0.6) is 0 Å². The number of piperidine rings is 1. The number of aryl methyl sites for hydroxylation is 1. The minimum Gasteiger partial charge on any atom is -0.338 e. The summed E-state index contributed by atoms with van der Waals surface area (Å²) in [6.07, 6.45) is 5.95. The molecule has 0 bridgehead atoms. The van der Waals surface area contributed by atoms with E-state index >= 15 is 0 Å². The van der Waals surface area contributed by atoms with Crippen LogP contribution in [0.4, 0.5) is 10.5 Å². The number of hydrogen-bond acceptors (Lipinski definition) is 3. The van der Waals surface area contributed by atoms with Gasteiger partial charge in [-0.05, 0) is 74.9 Å². The maximum atomic E-state index is 12.0. The van der Waals surface area contributed by atoms with Crippen molar-refractivity contribution in [3.8, 4) is 6.07 Å². The van der Waals surface area contributed by atoms with E-state index in [1.165, 1.54) is 31.4 Å². The molecule has 0 aliphatic carbocycles. The predicted octanol–water partition coefficient (Wildman–Crippen LogP) is 4.41. The molecule has 1 unspecified atom stereocenters. The predicted molar refractivity (Wildman–Crippen MR) is 117 cm³/mol. The summed E-state index contributed by atoms with van der Waals surface area (Å²) < 4.78 is 0. The van der Waals surface area contributed by atoms with Crippen molar-refractivity contribution in [2.45, 2.75) is 32.1 Å². The lowest BCUT2D eigenvalue weighted by Gasteiger charge is -2.32. The molecule has 1 saturated heterocycles. The largest absolute Gasteiger partial charge is 0.338 e. The zero-order valence-electron chi connectivity index (χ0n) is 16.9. The third-order valence-corrected chi connectivity index (χ3v) is 5.47. The van der Waals surface area contributed by atoms with Gasteiger partial charge in [-0.15, -0.1) is 0 Å². The summed E-state index contributed by atoms with van der Waals surface area (Å²) in [5, 5.41) is 14.6. The van der Waals surface area contributed by atoms with Gasteiger partial charge in [0, 0.05) is 18.8 Å².